The van der Waals surface area contributed by atoms with Gasteiger partial charge in [-0.25, -0.2) is 18.2 Å². The Kier molecular flexibility index (Phi) is 9.73. The van der Waals surface area contributed by atoms with E-state index in [0.717, 1.165) is 24.0 Å². The van der Waals surface area contributed by atoms with E-state index in [9.17, 15) is 9.59 Å². The fraction of sp³-hybridized carbons (Fsp3) is 0.417. The summed E-state index contributed by atoms with van der Waals surface area (Å²) in [5, 5.41) is 0. The quantitative estimate of drug-likeness (QED) is 0.151. The second-order valence-corrected chi connectivity index (χ2v) is 19.1. The van der Waals surface area contributed by atoms with Gasteiger partial charge < -0.3 is 18.9 Å². The lowest BCUT2D eigenvalue weighted by molar-refractivity contribution is 0.131. The molecule has 0 spiro atoms. The van der Waals surface area contributed by atoms with Crippen molar-refractivity contribution in [2.24, 2.45) is 0 Å². The maximum atomic E-state index is 12.5. The molecule has 4 rings (SSSR count). The van der Waals surface area contributed by atoms with E-state index in [1.54, 1.807) is 26.2 Å². The number of nitrogens with zero attached hydrogens (tertiary/aromatic N) is 2. The highest BCUT2D eigenvalue weighted by atomic mass is 33.9. The number of fused-ring (bicyclic) bond motifs is 2. The number of amides is 2. The zero-order valence-corrected chi connectivity index (χ0v) is 26.6. The average Bonchev–Trinajstić information content (AvgIpc) is 3.35. The van der Waals surface area contributed by atoms with Gasteiger partial charge in [-0.05, 0) is 39.8 Å². The molecule has 8 nitrogen and oxygen atoms in total. The molecule has 2 amide bonds. The van der Waals surface area contributed by atoms with Crippen molar-refractivity contribution in [3.05, 3.63) is 47.5 Å². The molecule has 0 aliphatic carbocycles. The Morgan fingerprint density at radius 2 is 1.11 bits per heavy atom. The minimum atomic E-state index is -0.487. The molecule has 38 heavy (non-hydrogen) atoms. The number of carbonyl (C=O) groups excluding carboxylic acids is 2. The zero-order chi connectivity index (χ0) is 27.5. The van der Waals surface area contributed by atoms with Gasteiger partial charge in [-0.3, -0.25) is 0 Å². The molecule has 2 aromatic rings. The van der Waals surface area contributed by atoms with Crippen molar-refractivity contribution in [3.63, 3.8) is 0 Å². The van der Waals surface area contributed by atoms with Crippen LogP contribution in [0.15, 0.2) is 36.4 Å². The molecule has 0 unspecified atom stereocenters. The maximum absolute atomic E-state index is 12.5. The van der Waals surface area contributed by atoms with Crippen LogP contribution in [-0.4, -0.2) is 46.1 Å². The lowest BCUT2D eigenvalue weighted by Crippen LogP contribution is -2.25. The molecule has 0 bridgehead atoms. The van der Waals surface area contributed by atoms with Crippen LogP contribution >= 0.6 is 61.3 Å². The highest BCUT2D eigenvalue weighted by Crippen LogP contribution is 2.53. The third-order valence-electron chi connectivity index (χ3n) is 5.39. The topological polar surface area (TPSA) is 77.5 Å². The van der Waals surface area contributed by atoms with Crippen molar-refractivity contribution in [3.8, 4) is 23.0 Å². The van der Waals surface area contributed by atoms with Crippen molar-refractivity contribution in [2.45, 2.75) is 51.7 Å². The normalized spacial score (nSPS) is 16.1. The van der Waals surface area contributed by atoms with Gasteiger partial charge in [0.25, 0.3) is 0 Å². The van der Waals surface area contributed by atoms with Crippen molar-refractivity contribution < 1.29 is 28.5 Å². The van der Waals surface area contributed by atoms with Crippen LogP contribution in [0, 0.1) is 0 Å². The van der Waals surface area contributed by atoms with Gasteiger partial charge in [0.2, 0.25) is 0 Å². The summed E-state index contributed by atoms with van der Waals surface area (Å²) in [4.78, 5) is 25.1. The average molecular weight is 633 g/mol. The number of rotatable bonds is 9. The van der Waals surface area contributed by atoms with Crippen LogP contribution in [0.25, 0.3) is 0 Å². The standard InChI is InChI=1S/C24H28N2O6S6/c1-23(2)13-15-9-7-11-17(19(15)31-23)29-21(27)25(5)33-35-37-38-36-34-26(6)22(28)30-18-12-8-10-16-14-24(3,4)32-20(16)18/h7-12H,13-14H2,1-6H3. The molecule has 0 radical (unpaired) electrons. The molecule has 2 aromatic carbocycles. The number of para-hydroxylation sites is 2. The number of ether oxygens (including phenoxy) is 4. The SMILES string of the molecule is CN(SSSSSSN(C)C(=O)Oc1cccc2c1OC(C)(C)C2)C(=O)Oc1cccc2c1OC(C)(C)C2. The first kappa shape index (κ1) is 29.7. The molecule has 2 aliphatic rings. The number of hydrogen-bond donors (Lipinski definition) is 0. The summed E-state index contributed by atoms with van der Waals surface area (Å²) in [6.45, 7) is 8.03. The first-order valence-corrected chi connectivity index (χ1v) is 18.9. The first-order chi connectivity index (χ1) is 17.9. The molecule has 2 aliphatic heterocycles. The second-order valence-electron chi connectivity index (χ2n) is 9.72. The van der Waals surface area contributed by atoms with Crippen molar-refractivity contribution in [1.29, 1.82) is 0 Å². The Morgan fingerprint density at radius 1 is 0.711 bits per heavy atom. The highest BCUT2D eigenvalue weighted by molar-refractivity contribution is 9.41. The lowest BCUT2D eigenvalue weighted by atomic mass is 10.0. The predicted molar refractivity (Wildman–Crippen MR) is 163 cm³/mol. The van der Waals surface area contributed by atoms with E-state index in [-0.39, 0.29) is 11.2 Å². The summed E-state index contributed by atoms with van der Waals surface area (Å²) >= 11 is 0. The summed E-state index contributed by atoms with van der Waals surface area (Å²) in [7, 11) is 11.5. The van der Waals surface area contributed by atoms with Gasteiger partial charge in [-0.15, -0.1) is 0 Å². The minimum Gasteiger partial charge on any atom is -0.483 e. The first-order valence-electron chi connectivity index (χ1n) is 11.5. The van der Waals surface area contributed by atoms with Crippen LogP contribution in [0.4, 0.5) is 9.59 Å². The minimum absolute atomic E-state index is 0.317. The summed E-state index contributed by atoms with van der Waals surface area (Å²) in [5.74, 6) is 2.11. The molecular formula is C24H28N2O6S6. The van der Waals surface area contributed by atoms with Gasteiger partial charge in [0, 0.05) is 99.3 Å². The lowest BCUT2D eigenvalue weighted by Gasteiger charge is -2.19. The van der Waals surface area contributed by atoms with Gasteiger partial charge in [0.05, 0.1) is 0 Å². The van der Waals surface area contributed by atoms with Crippen LogP contribution in [0.5, 0.6) is 23.0 Å². The molecule has 0 saturated heterocycles. The molecular weight excluding hydrogens is 605 g/mol. The Bertz CT molecular complexity index is 1110. The largest absolute Gasteiger partial charge is 0.483 e. The van der Waals surface area contributed by atoms with Gasteiger partial charge in [-0.1, -0.05) is 24.3 Å². The molecule has 2 heterocycles. The summed E-state index contributed by atoms with van der Waals surface area (Å²) in [5.41, 5.74) is 1.43. The molecule has 206 valence electrons. The van der Waals surface area contributed by atoms with Crippen LogP contribution in [0.2, 0.25) is 0 Å². The molecule has 0 N–H and O–H groups in total. The zero-order valence-electron chi connectivity index (χ0n) is 21.7. The number of hydrogen-bond acceptors (Lipinski definition) is 12. The van der Waals surface area contributed by atoms with E-state index >= 15 is 0 Å². The third kappa shape index (κ3) is 7.66. The van der Waals surface area contributed by atoms with E-state index in [2.05, 4.69) is 0 Å². The second kappa shape index (κ2) is 12.5. The molecule has 0 fully saturated rings. The van der Waals surface area contributed by atoms with Gasteiger partial charge in [0.15, 0.2) is 23.0 Å². The fourth-order valence-corrected chi connectivity index (χ4v) is 14.3. The molecule has 14 heteroatoms. The van der Waals surface area contributed by atoms with Gasteiger partial charge >= 0.3 is 12.2 Å². The van der Waals surface area contributed by atoms with E-state index < -0.39 is 12.2 Å². The van der Waals surface area contributed by atoms with E-state index in [4.69, 9.17) is 18.9 Å². The van der Waals surface area contributed by atoms with Crippen LogP contribution in [0.1, 0.15) is 38.8 Å². The maximum Gasteiger partial charge on any atom is 0.425 e. The van der Waals surface area contributed by atoms with Crippen LogP contribution in [0.3, 0.4) is 0 Å². The van der Waals surface area contributed by atoms with Crippen molar-refractivity contribution in [1.82, 2.24) is 8.61 Å². The van der Waals surface area contributed by atoms with Crippen LogP contribution < -0.4 is 18.9 Å². The smallest absolute Gasteiger partial charge is 0.425 e. The number of carbonyl (C=O) groups is 2. The van der Waals surface area contributed by atoms with E-state index in [1.165, 1.54) is 69.9 Å². The fourth-order valence-electron chi connectivity index (χ4n) is 3.85. The highest BCUT2D eigenvalue weighted by Gasteiger charge is 2.34. The predicted octanol–water partition coefficient (Wildman–Crippen LogP) is 8.48. The summed E-state index contributed by atoms with van der Waals surface area (Å²) < 4.78 is 25.9. The van der Waals surface area contributed by atoms with Crippen LogP contribution in [-0.2, 0) is 12.8 Å². The summed E-state index contributed by atoms with van der Waals surface area (Å²) in [6, 6.07) is 11.2. The Balaban J connectivity index is 1.13. The van der Waals surface area contributed by atoms with Gasteiger partial charge in [-0.2, -0.15) is 0 Å². The summed E-state index contributed by atoms with van der Waals surface area (Å²) in [6.07, 6.45) is 0.565. The van der Waals surface area contributed by atoms with Gasteiger partial charge in [0.1, 0.15) is 11.2 Å². The Labute approximate surface area is 245 Å². The van der Waals surface area contributed by atoms with E-state index in [1.807, 2.05) is 52.0 Å². The monoisotopic (exact) mass is 632 g/mol. The molecule has 0 atom stereocenters. The van der Waals surface area contributed by atoms with Crippen molar-refractivity contribution >= 4 is 73.4 Å². The Morgan fingerprint density at radius 3 is 1.50 bits per heavy atom. The molecule has 0 aromatic heterocycles. The number of benzene rings is 2. The molecule has 0 saturated carbocycles. The van der Waals surface area contributed by atoms with Crippen molar-refractivity contribution in [2.75, 3.05) is 14.1 Å². The van der Waals surface area contributed by atoms with E-state index in [0.29, 0.717) is 23.0 Å². The Hall–Kier alpha value is -1.32. The third-order valence-corrected chi connectivity index (χ3v) is 15.7.